The van der Waals surface area contributed by atoms with Gasteiger partial charge in [-0.05, 0) is 50.0 Å². The Kier molecular flexibility index (Phi) is 6.48. The van der Waals surface area contributed by atoms with E-state index in [2.05, 4.69) is 10.6 Å². The molecule has 1 fully saturated rings. The Balaban J connectivity index is 0.00000144. The van der Waals surface area contributed by atoms with Crippen LogP contribution >= 0.6 is 12.4 Å². The number of halogens is 2. The van der Waals surface area contributed by atoms with Crippen LogP contribution in [-0.4, -0.2) is 25.7 Å². The molecule has 0 spiro atoms. The molecular weight excluding hydrogens is 239 g/mol. The summed E-state index contributed by atoms with van der Waals surface area (Å²) in [6.07, 6.45) is 3.49. The minimum Gasteiger partial charge on any atom is -0.315 e. The van der Waals surface area contributed by atoms with Crippen LogP contribution in [0.1, 0.15) is 18.4 Å². The maximum atomic E-state index is 12.7. The second-order valence-electron chi connectivity index (χ2n) is 4.37. The van der Waals surface area contributed by atoms with Crippen LogP contribution < -0.4 is 10.6 Å². The molecule has 0 bridgehead atoms. The summed E-state index contributed by atoms with van der Waals surface area (Å²) >= 11 is 0. The van der Waals surface area contributed by atoms with Crippen molar-refractivity contribution in [3.8, 4) is 0 Å². The summed E-state index contributed by atoms with van der Waals surface area (Å²) < 4.78 is 12.7. The third-order valence-electron chi connectivity index (χ3n) is 3.06. The van der Waals surface area contributed by atoms with Crippen LogP contribution in [0.25, 0.3) is 0 Å². The van der Waals surface area contributed by atoms with Gasteiger partial charge < -0.3 is 10.6 Å². The van der Waals surface area contributed by atoms with E-state index in [0.717, 1.165) is 26.1 Å². The van der Waals surface area contributed by atoms with Gasteiger partial charge in [0.25, 0.3) is 0 Å². The Morgan fingerprint density at radius 3 is 2.71 bits per heavy atom. The number of rotatable bonds is 4. The molecule has 1 heterocycles. The third-order valence-corrected chi connectivity index (χ3v) is 3.06. The highest BCUT2D eigenvalue weighted by Gasteiger charge is 2.11. The highest BCUT2D eigenvalue weighted by molar-refractivity contribution is 5.85. The molecule has 1 aromatic rings. The van der Waals surface area contributed by atoms with Crippen molar-refractivity contribution in [3.63, 3.8) is 0 Å². The summed E-state index contributed by atoms with van der Waals surface area (Å²) in [6, 6.07) is 7.37. The first kappa shape index (κ1) is 14.4. The second-order valence-corrected chi connectivity index (χ2v) is 4.37. The molecule has 1 aromatic carbocycles. The highest BCUT2D eigenvalue weighted by Crippen LogP contribution is 2.04. The lowest BCUT2D eigenvalue weighted by molar-refractivity contribution is 0.392. The fourth-order valence-corrected chi connectivity index (χ4v) is 2.10. The highest BCUT2D eigenvalue weighted by atomic mass is 35.5. The zero-order valence-corrected chi connectivity index (χ0v) is 10.7. The maximum absolute atomic E-state index is 12.7. The molecule has 0 amide bonds. The van der Waals surface area contributed by atoms with Crippen LogP contribution in [0.15, 0.2) is 24.3 Å². The van der Waals surface area contributed by atoms with Crippen molar-refractivity contribution in [3.05, 3.63) is 35.6 Å². The topological polar surface area (TPSA) is 24.1 Å². The van der Waals surface area contributed by atoms with E-state index in [4.69, 9.17) is 0 Å². The summed E-state index contributed by atoms with van der Waals surface area (Å²) in [5.74, 6) is -0.159. The standard InChI is InChI=1S/C13H19FN2.ClH/c14-12-5-3-11(4-6-12)7-9-16-13-2-1-8-15-10-13;/h3-6,13,15-16H,1-2,7-10H2;1H. The first-order valence-electron chi connectivity index (χ1n) is 6.03. The number of benzene rings is 1. The molecule has 96 valence electrons. The number of nitrogens with one attached hydrogen (secondary N) is 2. The van der Waals surface area contributed by atoms with E-state index in [1.807, 2.05) is 12.1 Å². The lowest BCUT2D eigenvalue weighted by Crippen LogP contribution is -2.43. The average Bonchev–Trinajstić information content (AvgIpc) is 2.33. The van der Waals surface area contributed by atoms with Gasteiger partial charge in [-0.3, -0.25) is 0 Å². The minimum atomic E-state index is -0.159. The smallest absolute Gasteiger partial charge is 0.123 e. The molecule has 1 atom stereocenters. The van der Waals surface area contributed by atoms with Crippen LogP contribution in [0.5, 0.6) is 0 Å². The molecule has 0 saturated carbocycles. The van der Waals surface area contributed by atoms with Gasteiger partial charge in [0.15, 0.2) is 0 Å². The van der Waals surface area contributed by atoms with Crippen molar-refractivity contribution in [1.82, 2.24) is 10.6 Å². The van der Waals surface area contributed by atoms with E-state index in [0.29, 0.717) is 6.04 Å². The largest absolute Gasteiger partial charge is 0.315 e. The predicted octanol–water partition coefficient (Wildman–Crippen LogP) is 2.13. The molecule has 2 rings (SSSR count). The molecule has 0 aliphatic carbocycles. The van der Waals surface area contributed by atoms with Gasteiger partial charge in [-0.2, -0.15) is 0 Å². The van der Waals surface area contributed by atoms with Gasteiger partial charge in [0.1, 0.15) is 5.82 Å². The fourth-order valence-electron chi connectivity index (χ4n) is 2.10. The molecule has 1 unspecified atom stereocenters. The molecule has 4 heteroatoms. The van der Waals surface area contributed by atoms with Crippen LogP contribution in [0.4, 0.5) is 4.39 Å². The Morgan fingerprint density at radius 2 is 2.06 bits per heavy atom. The van der Waals surface area contributed by atoms with Gasteiger partial charge in [-0.25, -0.2) is 4.39 Å². The van der Waals surface area contributed by atoms with E-state index < -0.39 is 0 Å². The van der Waals surface area contributed by atoms with Crippen LogP contribution in [0, 0.1) is 5.82 Å². The van der Waals surface area contributed by atoms with Crippen molar-refractivity contribution in [2.24, 2.45) is 0 Å². The Bertz CT molecular complexity index is 310. The van der Waals surface area contributed by atoms with Gasteiger partial charge in [0.05, 0.1) is 0 Å². The molecule has 0 aromatic heterocycles. The number of piperidine rings is 1. The summed E-state index contributed by atoms with van der Waals surface area (Å²) in [7, 11) is 0. The molecule has 1 saturated heterocycles. The normalized spacial score (nSPS) is 19.7. The van der Waals surface area contributed by atoms with Crippen molar-refractivity contribution in [1.29, 1.82) is 0 Å². The number of hydrogen-bond donors (Lipinski definition) is 2. The summed E-state index contributed by atoms with van der Waals surface area (Å²) in [5.41, 5.74) is 1.19. The van der Waals surface area contributed by atoms with E-state index in [1.165, 1.54) is 30.5 Å². The first-order chi connectivity index (χ1) is 7.84. The van der Waals surface area contributed by atoms with Gasteiger partial charge in [0.2, 0.25) is 0 Å². The Morgan fingerprint density at radius 1 is 1.29 bits per heavy atom. The summed E-state index contributed by atoms with van der Waals surface area (Å²) in [4.78, 5) is 0. The van der Waals surface area contributed by atoms with E-state index >= 15 is 0 Å². The van der Waals surface area contributed by atoms with Gasteiger partial charge in [-0.15, -0.1) is 12.4 Å². The van der Waals surface area contributed by atoms with Crippen molar-refractivity contribution in [2.75, 3.05) is 19.6 Å². The second kappa shape index (κ2) is 7.64. The zero-order chi connectivity index (χ0) is 11.2. The van der Waals surface area contributed by atoms with Crippen molar-refractivity contribution < 1.29 is 4.39 Å². The lowest BCUT2D eigenvalue weighted by atomic mass is 10.1. The third kappa shape index (κ3) is 5.02. The van der Waals surface area contributed by atoms with Crippen molar-refractivity contribution in [2.45, 2.75) is 25.3 Å². The minimum absolute atomic E-state index is 0. The average molecular weight is 259 g/mol. The van der Waals surface area contributed by atoms with Crippen LogP contribution in [0.2, 0.25) is 0 Å². The SMILES string of the molecule is Cl.Fc1ccc(CCNC2CCCNC2)cc1. The Labute approximate surface area is 108 Å². The van der Waals surface area contributed by atoms with E-state index in [1.54, 1.807) is 0 Å². The molecule has 17 heavy (non-hydrogen) atoms. The van der Waals surface area contributed by atoms with Gasteiger partial charge in [-0.1, -0.05) is 12.1 Å². The molecule has 1 aliphatic rings. The van der Waals surface area contributed by atoms with E-state index in [-0.39, 0.29) is 18.2 Å². The quantitative estimate of drug-likeness (QED) is 0.865. The lowest BCUT2D eigenvalue weighted by Gasteiger charge is -2.23. The fraction of sp³-hybridized carbons (Fsp3) is 0.538. The van der Waals surface area contributed by atoms with Gasteiger partial charge in [0, 0.05) is 12.6 Å². The molecular formula is C13H20ClFN2. The molecule has 1 aliphatic heterocycles. The summed E-state index contributed by atoms with van der Waals surface area (Å²) in [5, 5.41) is 6.91. The predicted molar refractivity (Wildman–Crippen MR) is 71.2 cm³/mol. The molecule has 2 N–H and O–H groups in total. The maximum Gasteiger partial charge on any atom is 0.123 e. The van der Waals surface area contributed by atoms with Crippen LogP contribution in [0.3, 0.4) is 0 Å². The monoisotopic (exact) mass is 258 g/mol. The Hall–Kier alpha value is -0.640. The number of hydrogen-bond acceptors (Lipinski definition) is 2. The van der Waals surface area contributed by atoms with E-state index in [9.17, 15) is 4.39 Å². The molecule has 2 nitrogen and oxygen atoms in total. The van der Waals surface area contributed by atoms with Gasteiger partial charge >= 0.3 is 0 Å². The first-order valence-corrected chi connectivity index (χ1v) is 6.03. The van der Waals surface area contributed by atoms with Crippen LogP contribution in [-0.2, 0) is 6.42 Å². The zero-order valence-electron chi connectivity index (χ0n) is 9.92. The van der Waals surface area contributed by atoms with Crippen molar-refractivity contribution >= 4 is 12.4 Å². The summed E-state index contributed by atoms with van der Waals surface area (Å²) in [6.45, 7) is 3.19. The molecule has 0 radical (unpaired) electrons.